The van der Waals surface area contributed by atoms with E-state index in [1.54, 1.807) is 0 Å². The monoisotopic (exact) mass is 233 g/mol. The van der Waals surface area contributed by atoms with Crippen molar-refractivity contribution in [3.8, 4) is 0 Å². The highest BCUT2D eigenvalue weighted by Gasteiger charge is 2.40. The molecule has 1 spiro atoms. The summed E-state index contributed by atoms with van der Waals surface area (Å²) in [4.78, 5) is 0. The van der Waals surface area contributed by atoms with Gasteiger partial charge in [-0.15, -0.1) is 0 Å². The molecule has 2 aliphatic rings. The van der Waals surface area contributed by atoms with Crippen molar-refractivity contribution in [1.82, 2.24) is 5.32 Å². The van der Waals surface area contributed by atoms with Crippen LogP contribution in [0, 0.1) is 0 Å². The van der Waals surface area contributed by atoms with Gasteiger partial charge in [0.1, 0.15) is 0 Å². The van der Waals surface area contributed by atoms with Gasteiger partial charge in [-0.3, -0.25) is 0 Å². The van der Waals surface area contributed by atoms with Crippen LogP contribution in [-0.4, -0.2) is 30.1 Å². The van der Waals surface area contributed by atoms with Gasteiger partial charge in [-0.1, -0.05) is 15.9 Å². The van der Waals surface area contributed by atoms with Gasteiger partial charge in [0.05, 0.1) is 11.7 Å². The molecule has 2 heterocycles. The Morgan fingerprint density at radius 3 is 2.67 bits per heavy atom. The summed E-state index contributed by atoms with van der Waals surface area (Å²) in [6, 6.07) is 0. The number of piperidine rings is 1. The number of alkyl halides is 1. The van der Waals surface area contributed by atoms with E-state index in [0.717, 1.165) is 18.4 Å². The fraction of sp³-hybridized carbons (Fsp3) is 1.00. The third-order valence-corrected chi connectivity index (χ3v) is 3.75. The molecule has 0 aromatic rings. The van der Waals surface area contributed by atoms with E-state index >= 15 is 0 Å². The number of hydrogen-bond donors (Lipinski definition) is 1. The van der Waals surface area contributed by atoms with Gasteiger partial charge >= 0.3 is 0 Å². The van der Waals surface area contributed by atoms with E-state index in [1.165, 1.54) is 25.7 Å². The molecule has 2 nitrogen and oxygen atoms in total. The third-order valence-electron chi connectivity index (χ3n) is 3.03. The van der Waals surface area contributed by atoms with E-state index in [4.69, 9.17) is 4.74 Å². The first-order chi connectivity index (χ1) is 5.85. The van der Waals surface area contributed by atoms with E-state index in [1.807, 2.05) is 0 Å². The molecule has 3 heteroatoms. The molecule has 2 aliphatic heterocycles. The molecule has 0 aliphatic carbocycles. The maximum absolute atomic E-state index is 6.05. The molecular formula is C9H16BrNO. The molecule has 2 saturated heterocycles. The summed E-state index contributed by atoms with van der Waals surface area (Å²) >= 11 is 3.49. The number of hydrogen-bond acceptors (Lipinski definition) is 2. The molecule has 1 N–H and O–H groups in total. The Kier molecular flexibility index (Phi) is 2.72. The van der Waals surface area contributed by atoms with Gasteiger partial charge in [-0.05, 0) is 38.8 Å². The molecule has 0 saturated carbocycles. The van der Waals surface area contributed by atoms with Gasteiger partial charge in [-0.2, -0.15) is 0 Å². The third kappa shape index (κ3) is 1.68. The number of ether oxygens (including phenoxy) is 1. The fourth-order valence-electron chi connectivity index (χ4n) is 2.25. The second kappa shape index (κ2) is 3.64. The molecular weight excluding hydrogens is 218 g/mol. The van der Waals surface area contributed by atoms with E-state index in [-0.39, 0.29) is 5.60 Å². The summed E-state index contributed by atoms with van der Waals surface area (Å²) in [6.45, 7) is 2.27. The van der Waals surface area contributed by atoms with Crippen LogP contribution in [0.25, 0.3) is 0 Å². The number of nitrogens with one attached hydrogen (secondary N) is 1. The molecule has 2 fully saturated rings. The van der Waals surface area contributed by atoms with Crippen LogP contribution in [0.15, 0.2) is 0 Å². The summed E-state index contributed by atoms with van der Waals surface area (Å²) in [5.41, 5.74) is 0.254. The number of halogens is 1. The Morgan fingerprint density at radius 2 is 2.08 bits per heavy atom. The molecule has 0 amide bonds. The van der Waals surface area contributed by atoms with Crippen LogP contribution in [0.5, 0.6) is 0 Å². The highest BCUT2D eigenvalue weighted by molar-refractivity contribution is 9.09. The average Bonchev–Trinajstić information content (AvgIpc) is 2.50. The predicted octanol–water partition coefficient (Wildman–Crippen LogP) is 1.68. The zero-order chi connectivity index (χ0) is 8.44. The second-order valence-electron chi connectivity index (χ2n) is 3.87. The van der Waals surface area contributed by atoms with Crippen molar-refractivity contribution in [1.29, 1.82) is 0 Å². The van der Waals surface area contributed by atoms with E-state index < -0.39 is 0 Å². The van der Waals surface area contributed by atoms with Gasteiger partial charge < -0.3 is 10.1 Å². The van der Waals surface area contributed by atoms with Crippen molar-refractivity contribution in [2.45, 2.75) is 37.4 Å². The lowest BCUT2D eigenvalue weighted by Gasteiger charge is -2.33. The molecule has 0 radical (unpaired) electrons. The van der Waals surface area contributed by atoms with Crippen molar-refractivity contribution in [3.63, 3.8) is 0 Å². The van der Waals surface area contributed by atoms with Crippen molar-refractivity contribution < 1.29 is 4.74 Å². The van der Waals surface area contributed by atoms with Crippen LogP contribution in [0.2, 0.25) is 0 Å². The highest BCUT2D eigenvalue weighted by atomic mass is 79.9. The fourth-order valence-corrected chi connectivity index (χ4v) is 2.71. The van der Waals surface area contributed by atoms with E-state index in [0.29, 0.717) is 6.10 Å². The largest absolute Gasteiger partial charge is 0.371 e. The first kappa shape index (κ1) is 8.97. The Bertz CT molecular complexity index is 157. The number of rotatable bonds is 1. The maximum Gasteiger partial charge on any atom is 0.0711 e. The van der Waals surface area contributed by atoms with Gasteiger partial charge in [0.2, 0.25) is 0 Å². The topological polar surface area (TPSA) is 21.3 Å². The Balaban J connectivity index is 1.94. The zero-order valence-corrected chi connectivity index (χ0v) is 8.90. The van der Waals surface area contributed by atoms with Crippen LogP contribution in [-0.2, 0) is 4.74 Å². The Hall–Kier alpha value is 0.400. The van der Waals surface area contributed by atoms with Crippen LogP contribution in [0.4, 0.5) is 0 Å². The van der Waals surface area contributed by atoms with Crippen molar-refractivity contribution in [2.75, 3.05) is 18.4 Å². The van der Waals surface area contributed by atoms with Crippen LogP contribution in [0.3, 0.4) is 0 Å². The first-order valence-corrected chi connectivity index (χ1v) is 5.91. The molecule has 12 heavy (non-hydrogen) atoms. The molecule has 0 aromatic heterocycles. The van der Waals surface area contributed by atoms with Crippen LogP contribution < -0.4 is 5.32 Å². The van der Waals surface area contributed by atoms with Gasteiger partial charge in [0.15, 0.2) is 0 Å². The van der Waals surface area contributed by atoms with Gasteiger partial charge in [0.25, 0.3) is 0 Å². The van der Waals surface area contributed by atoms with Gasteiger partial charge in [0, 0.05) is 5.33 Å². The second-order valence-corrected chi connectivity index (χ2v) is 4.51. The SMILES string of the molecule is BrCC1CCC2(CCNCC2)O1. The van der Waals surface area contributed by atoms with Crippen LogP contribution >= 0.6 is 15.9 Å². The van der Waals surface area contributed by atoms with Crippen molar-refractivity contribution in [3.05, 3.63) is 0 Å². The van der Waals surface area contributed by atoms with Crippen LogP contribution in [0.1, 0.15) is 25.7 Å². The standard InChI is InChI=1S/C9H16BrNO/c10-7-8-1-2-9(12-8)3-5-11-6-4-9/h8,11H,1-7H2. The lowest BCUT2D eigenvalue weighted by atomic mass is 9.89. The molecule has 1 atom stereocenters. The van der Waals surface area contributed by atoms with Gasteiger partial charge in [-0.25, -0.2) is 0 Å². The summed E-state index contributed by atoms with van der Waals surface area (Å²) < 4.78 is 6.05. The van der Waals surface area contributed by atoms with E-state index in [2.05, 4.69) is 21.2 Å². The maximum atomic E-state index is 6.05. The summed E-state index contributed by atoms with van der Waals surface area (Å²) in [6.07, 6.45) is 5.39. The van der Waals surface area contributed by atoms with E-state index in [9.17, 15) is 0 Å². The van der Waals surface area contributed by atoms with Crippen molar-refractivity contribution in [2.24, 2.45) is 0 Å². The summed E-state index contributed by atoms with van der Waals surface area (Å²) in [5.74, 6) is 0. The normalized spacial score (nSPS) is 34.2. The lowest BCUT2D eigenvalue weighted by molar-refractivity contribution is -0.0507. The molecule has 2 rings (SSSR count). The predicted molar refractivity (Wildman–Crippen MR) is 52.7 cm³/mol. The summed E-state index contributed by atoms with van der Waals surface area (Å²) in [5, 5.41) is 4.38. The molecule has 0 aromatic carbocycles. The average molecular weight is 234 g/mol. The Labute approximate surface area is 82.2 Å². The minimum atomic E-state index is 0.254. The smallest absolute Gasteiger partial charge is 0.0711 e. The molecule has 1 unspecified atom stereocenters. The highest BCUT2D eigenvalue weighted by Crippen LogP contribution is 2.37. The molecule has 0 bridgehead atoms. The quantitative estimate of drug-likeness (QED) is 0.697. The zero-order valence-electron chi connectivity index (χ0n) is 7.31. The lowest BCUT2D eigenvalue weighted by Crippen LogP contribution is -2.42. The first-order valence-electron chi connectivity index (χ1n) is 4.79. The molecule has 70 valence electrons. The minimum Gasteiger partial charge on any atom is -0.371 e. The summed E-state index contributed by atoms with van der Waals surface area (Å²) in [7, 11) is 0. The minimum absolute atomic E-state index is 0.254. The Morgan fingerprint density at radius 1 is 1.33 bits per heavy atom. The van der Waals surface area contributed by atoms with Crippen molar-refractivity contribution >= 4 is 15.9 Å².